The molecule has 0 unspecified atom stereocenters. The lowest BCUT2D eigenvalue weighted by Gasteiger charge is -2.09. The Bertz CT molecular complexity index is 724. The van der Waals surface area contributed by atoms with Gasteiger partial charge in [0.05, 0.1) is 12.8 Å². The van der Waals surface area contributed by atoms with Crippen molar-refractivity contribution in [1.82, 2.24) is 5.43 Å². The molecule has 2 aromatic carbocycles. The Morgan fingerprint density at radius 3 is 2.52 bits per heavy atom. The molecule has 0 heterocycles. The van der Waals surface area contributed by atoms with Crippen molar-refractivity contribution < 1.29 is 4.79 Å². The highest BCUT2D eigenvalue weighted by Gasteiger charge is 2.05. The summed E-state index contributed by atoms with van der Waals surface area (Å²) in [5.74, 6) is -0.218. The second-order valence-electron chi connectivity index (χ2n) is 4.77. The standard InChI is InChI=1S/C16H14Br3N3O/c1-10-14(18)6-13(7-15(10)19)20-9-16(23)22-21-8-11-3-2-4-12(17)5-11/h2-8,20H,9H2,1H3,(H,22,23)/b21-8+. The minimum Gasteiger partial charge on any atom is -0.376 e. The van der Waals surface area contributed by atoms with Crippen LogP contribution in [-0.2, 0) is 4.79 Å². The molecule has 0 bridgehead atoms. The number of amides is 1. The van der Waals surface area contributed by atoms with E-state index >= 15 is 0 Å². The Balaban J connectivity index is 1.86. The average molecular weight is 504 g/mol. The van der Waals surface area contributed by atoms with E-state index in [1.165, 1.54) is 0 Å². The topological polar surface area (TPSA) is 53.5 Å². The lowest BCUT2D eigenvalue weighted by atomic mass is 10.2. The minimum atomic E-state index is -0.218. The number of hydrogen-bond acceptors (Lipinski definition) is 3. The van der Waals surface area contributed by atoms with Crippen LogP contribution in [0.3, 0.4) is 0 Å². The fourth-order valence-corrected chi connectivity index (χ4v) is 3.34. The molecule has 0 atom stereocenters. The number of anilines is 1. The second-order valence-corrected chi connectivity index (χ2v) is 7.39. The molecule has 2 N–H and O–H groups in total. The molecule has 0 radical (unpaired) electrons. The summed E-state index contributed by atoms with van der Waals surface area (Å²) >= 11 is 10.3. The molecule has 0 fully saturated rings. The van der Waals surface area contributed by atoms with Crippen LogP contribution in [0.2, 0.25) is 0 Å². The maximum absolute atomic E-state index is 11.8. The zero-order chi connectivity index (χ0) is 16.8. The summed E-state index contributed by atoms with van der Waals surface area (Å²) in [6.45, 7) is 2.14. The molecule has 1 amide bonds. The van der Waals surface area contributed by atoms with Gasteiger partial charge in [0, 0.05) is 19.1 Å². The van der Waals surface area contributed by atoms with Crippen molar-refractivity contribution >= 4 is 65.6 Å². The smallest absolute Gasteiger partial charge is 0.259 e. The van der Waals surface area contributed by atoms with Gasteiger partial charge in [-0.25, -0.2) is 5.43 Å². The summed E-state index contributed by atoms with van der Waals surface area (Å²) in [6, 6.07) is 11.5. The van der Waals surface area contributed by atoms with Crippen LogP contribution in [0.1, 0.15) is 11.1 Å². The second kappa shape index (κ2) is 8.61. The summed E-state index contributed by atoms with van der Waals surface area (Å²) in [5.41, 5.74) is 5.35. The quantitative estimate of drug-likeness (QED) is 0.453. The van der Waals surface area contributed by atoms with Gasteiger partial charge >= 0.3 is 0 Å². The molecule has 7 heteroatoms. The average Bonchev–Trinajstić information content (AvgIpc) is 2.50. The van der Waals surface area contributed by atoms with E-state index in [0.29, 0.717) is 0 Å². The number of rotatable bonds is 5. The molecule has 120 valence electrons. The van der Waals surface area contributed by atoms with Gasteiger partial charge in [-0.3, -0.25) is 4.79 Å². The van der Waals surface area contributed by atoms with E-state index < -0.39 is 0 Å². The van der Waals surface area contributed by atoms with Gasteiger partial charge in [0.1, 0.15) is 0 Å². The van der Waals surface area contributed by atoms with Crippen molar-refractivity contribution in [1.29, 1.82) is 0 Å². The van der Waals surface area contributed by atoms with Crippen LogP contribution in [0.5, 0.6) is 0 Å². The molecule has 0 aliphatic carbocycles. The Kier molecular flexibility index (Phi) is 6.80. The summed E-state index contributed by atoms with van der Waals surface area (Å²) in [5, 5.41) is 7.00. The summed E-state index contributed by atoms with van der Waals surface area (Å²) < 4.78 is 2.91. The first kappa shape index (κ1) is 18.2. The van der Waals surface area contributed by atoms with Crippen molar-refractivity contribution in [2.45, 2.75) is 6.92 Å². The summed E-state index contributed by atoms with van der Waals surface area (Å²) in [4.78, 5) is 11.8. The molecule has 0 aromatic heterocycles. The first-order chi connectivity index (χ1) is 11.0. The number of hydrogen-bond donors (Lipinski definition) is 2. The fourth-order valence-electron chi connectivity index (χ4n) is 1.73. The highest BCUT2D eigenvalue weighted by atomic mass is 79.9. The van der Waals surface area contributed by atoms with Gasteiger partial charge < -0.3 is 5.32 Å². The molecular formula is C16H14Br3N3O. The maximum atomic E-state index is 11.8. The number of hydrazone groups is 1. The van der Waals surface area contributed by atoms with Gasteiger partial charge in [0.2, 0.25) is 0 Å². The fraction of sp³-hybridized carbons (Fsp3) is 0.125. The Hall–Kier alpha value is -1.18. The predicted octanol–water partition coefficient (Wildman–Crippen LogP) is 4.84. The van der Waals surface area contributed by atoms with Gasteiger partial charge in [0.25, 0.3) is 5.91 Å². The first-order valence-electron chi connectivity index (χ1n) is 6.72. The van der Waals surface area contributed by atoms with Crippen LogP contribution in [0.15, 0.2) is 54.9 Å². The van der Waals surface area contributed by atoms with Crippen molar-refractivity contribution in [3.63, 3.8) is 0 Å². The molecule has 0 spiro atoms. The van der Waals surface area contributed by atoms with E-state index in [9.17, 15) is 4.79 Å². The van der Waals surface area contributed by atoms with E-state index in [-0.39, 0.29) is 12.5 Å². The van der Waals surface area contributed by atoms with Gasteiger partial charge in [-0.05, 0) is 42.3 Å². The largest absolute Gasteiger partial charge is 0.376 e. The lowest BCUT2D eigenvalue weighted by Crippen LogP contribution is -2.25. The molecule has 2 aromatic rings. The zero-order valence-electron chi connectivity index (χ0n) is 12.2. The summed E-state index contributed by atoms with van der Waals surface area (Å²) in [7, 11) is 0. The molecule has 4 nitrogen and oxygen atoms in total. The molecular weight excluding hydrogens is 490 g/mol. The molecule has 0 saturated carbocycles. The lowest BCUT2D eigenvalue weighted by molar-refractivity contribution is -0.119. The third-order valence-corrected chi connectivity index (χ3v) is 5.13. The van der Waals surface area contributed by atoms with Crippen LogP contribution in [0.25, 0.3) is 0 Å². The van der Waals surface area contributed by atoms with Crippen LogP contribution < -0.4 is 10.7 Å². The number of halogens is 3. The van der Waals surface area contributed by atoms with Crippen LogP contribution in [0.4, 0.5) is 5.69 Å². The van der Waals surface area contributed by atoms with Crippen molar-refractivity contribution in [2.75, 3.05) is 11.9 Å². The van der Waals surface area contributed by atoms with E-state index in [0.717, 1.165) is 30.2 Å². The number of carbonyl (C=O) groups excluding carboxylic acids is 1. The SMILES string of the molecule is Cc1c(Br)cc(NCC(=O)N/N=C/c2cccc(Br)c2)cc1Br. The third-order valence-electron chi connectivity index (χ3n) is 2.99. The molecule has 23 heavy (non-hydrogen) atoms. The molecule has 0 aliphatic heterocycles. The van der Waals surface area contributed by atoms with Crippen molar-refractivity contribution in [3.8, 4) is 0 Å². The monoisotopic (exact) mass is 501 g/mol. The van der Waals surface area contributed by atoms with Crippen LogP contribution >= 0.6 is 47.8 Å². The molecule has 0 aliphatic rings. The Labute approximate surface area is 160 Å². The predicted molar refractivity (Wildman–Crippen MR) is 105 cm³/mol. The van der Waals surface area contributed by atoms with Crippen LogP contribution in [-0.4, -0.2) is 18.7 Å². The highest BCUT2D eigenvalue weighted by molar-refractivity contribution is 9.11. The van der Waals surface area contributed by atoms with Gasteiger partial charge in [0.15, 0.2) is 0 Å². The van der Waals surface area contributed by atoms with E-state index in [4.69, 9.17) is 0 Å². The van der Waals surface area contributed by atoms with Crippen LogP contribution in [0, 0.1) is 6.92 Å². The third kappa shape index (κ3) is 5.75. The molecule has 2 rings (SSSR count). The van der Waals surface area contributed by atoms with Crippen molar-refractivity contribution in [3.05, 3.63) is 60.9 Å². The van der Waals surface area contributed by atoms with E-state index in [2.05, 4.69) is 63.6 Å². The number of benzene rings is 2. The normalized spacial score (nSPS) is 10.8. The first-order valence-corrected chi connectivity index (χ1v) is 9.10. The van der Waals surface area contributed by atoms with E-state index in [1.807, 2.05) is 43.3 Å². The zero-order valence-corrected chi connectivity index (χ0v) is 17.0. The Morgan fingerprint density at radius 1 is 1.17 bits per heavy atom. The highest BCUT2D eigenvalue weighted by Crippen LogP contribution is 2.28. The number of nitrogens with one attached hydrogen (secondary N) is 2. The molecule has 0 saturated heterocycles. The van der Waals surface area contributed by atoms with Crippen molar-refractivity contribution in [2.24, 2.45) is 5.10 Å². The summed E-state index contributed by atoms with van der Waals surface area (Å²) in [6.07, 6.45) is 1.60. The van der Waals surface area contributed by atoms with Gasteiger partial charge in [-0.15, -0.1) is 0 Å². The maximum Gasteiger partial charge on any atom is 0.259 e. The Morgan fingerprint density at radius 2 is 1.87 bits per heavy atom. The van der Waals surface area contributed by atoms with E-state index in [1.54, 1.807) is 6.21 Å². The number of nitrogens with zero attached hydrogens (tertiary/aromatic N) is 1. The van der Waals surface area contributed by atoms with Gasteiger partial charge in [-0.1, -0.05) is 59.9 Å². The number of carbonyl (C=O) groups is 1. The minimum absolute atomic E-state index is 0.137. The van der Waals surface area contributed by atoms with Gasteiger partial charge in [-0.2, -0.15) is 5.10 Å².